The van der Waals surface area contributed by atoms with Gasteiger partial charge in [0.25, 0.3) is 5.91 Å². The first-order valence-electron chi connectivity index (χ1n) is 12.4. The summed E-state index contributed by atoms with van der Waals surface area (Å²) in [4.78, 5) is 40.6. The highest BCUT2D eigenvalue weighted by atomic mass is 19.4. The number of carbonyl (C=O) groups is 3. The summed E-state index contributed by atoms with van der Waals surface area (Å²) in [7, 11) is 2.16. The van der Waals surface area contributed by atoms with Gasteiger partial charge in [-0.2, -0.15) is 26.3 Å². The number of nitrogens with zero attached hydrogens (tertiary/aromatic N) is 2. The van der Waals surface area contributed by atoms with Crippen molar-refractivity contribution in [2.24, 2.45) is 5.73 Å². The van der Waals surface area contributed by atoms with Crippen molar-refractivity contribution in [2.45, 2.75) is 44.1 Å². The number of H-pyrrole nitrogens is 1. The number of anilines is 1. The average Bonchev–Trinajstić information content (AvgIpc) is 3.52. The van der Waals surface area contributed by atoms with Crippen LogP contribution < -0.4 is 11.1 Å². The van der Waals surface area contributed by atoms with Gasteiger partial charge >= 0.3 is 24.3 Å². The lowest BCUT2D eigenvalue weighted by Crippen LogP contribution is -2.21. The fraction of sp³-hybridized carbons (Fsp3) is 0.385. The molecule has 4 rings (SSSR count). The average molecular weight is 606 g/mol. The molecule has 1 aromatic carbocycles. The van der Waals surface area contributed by atoms with Gasteiger partial charge in [0.15, 0.2) is 0 Å². The first-order chi connectivity index (χ1) is 19.5. The van der Waals surface area contributed by atoms with Crippen molar-refractivity contribution < 1.29 is 50.9 Å². The van der Waals surface area contributed by atoms with Crippen LogP contribution in [0.1, 0.15) is 46.9 Å². The number of carboxylic acids is 2. The predicted octanol–water partition coefficient (Wildman–Crippen LogP) is 4.74. The van der Waals surface area contributed by atoms with Gasteiger partial charge in [0.1, 0.15) is 5.82 Å². The van der Waals surface area contributed by atoms with E-state index in [9.17, 15) is 31.1 Å². The number of alkyl halides is 6. The van der Waals surface area contributed by atoms with Crippen molar-refractivity contribution >= 4 is 34.6 Å². The first kappa shape index (κ1) is 34.0. The van der Waals surface area contributed by atoms with Crippen molar-refractivity contribution in [1.29, 1.82) is 0 Å². The smallest absolute Gasteiger partial charge is 0.475 e. The summed E-state index contributed by atoms with van der Waals surface area (Å²) in [6.07, 6.45) is -4.08. The molecular formula is C26H29F6N5O5. The van der Waals surface area contributed by atoms with Gasteiger partial charge in [-0.1, -0.05) is 12.1 Å². The van der Waals surface area contributed by atoms with Crippen LogP contribution in [0.4, 0.5) is 32.2 Å². The molecule has 1 amide bonds. The Morgan fingerprint density at radius 1 is 1.05 bits per heavy atom. The number of carboxylic acid groups (broad SMARTS) is 2. The normalized spacial score (nSPS) is 15.3. The maximum Gasteiger partial charge on any atom is 0.490 e. The molecule has 2 aromatic heterocycles. The van der Waals surface area contributed by atoms with Crippen LogP contribution in [0.25, 0.3) is 10.9 Å². The molecule has 16 heteroatoms. The quantitative estimate of drug-likeness (QED) is 0.252. The molecular weight excluding hydrogens is 576 g/mol. The molecule has 0 aliphatic carbocycles. The summed E-state index contributed by atoms with van der Waals surface area (Å²) in [5, 5.41) is 18.2. The van der Waals surface area contributed by atoms with Crippen LogP contribution in [0.3, 0.4) is 0 Å². The largest absolute Gasteiger partial charge is 0.490 e. The number of nitrogens with two attached hydrogens (primary N) is 1. The summed E-state index contributed by atoms with van der Waals surface area (Å²) in [6, 6.07) is 12.2. The number of hydrogen-bond acceptors (Lipinski definition) is 6. The standard InChI is InChI=1S/C22H27N5O.2C2HF3O2/c1-27-11-3-5-20(27)19-12-17-14-24-21(13-18(17)25-19)26-22(28)16-8-6-15(7-9-16)4-2-10-23;2*3-2(4,5)1(6)7/h6-9,12-14,20,25H,2-5,10-11,23H2,1H3,(H,24,26,28);2*(H,6,7)/t20-;;/m1../s1. The summed E-state index contributed by atoms with van der Waals surface area (Å²) in [6.45, 7) is 1.80. The van der Waals surface area contributed by atoms with E-state index in [1.54, 1.807) is 0 Å². The van der Waals surface area contributed by atoms with Gasteiger partial charge in [-0.25, -0.2) is 14.6 Å². The highest BCUT2D eigenvalue weighted by Gasteiger charge is 2.38. The topological polar surface area (TPSA) is 162 Å². The van der Waals surface area contributed by atoms with Crippen LogP contribution >= 0.6 is 0 Å². The summed E-state index contributed by atoms with van der Waals surface area (Å²) in [5.41, 5.74) is 9.58. The third-order valence-electron chi connectivity index (χ3n) is 6.02. The number of pyridine rings is 1. The zero-order valence-corrected chi connectivity index (χ0v) is 22.2. The number of nitrogens with one attached hydrogen (secondary N) is 2. The lowest BCUT2D eigenvalue weighted by molar-refractivity contribution is -0.193. The fourth-order valence-corrected chi connectivity index (χ4v) is 3.92. The SMILES string of the molecule is CN1CCC[C@@H]1c1cc2cnc(NC(=O)c3ccc(CCCN)cc3)cc2[nH]1.O=C(O)C(F)(F)F.O=C(O)C(F)(F)F. The third-order valence-corrected chi connectivity index (χ3v) is 6.02. The number of aryl methyl sites for hydroxylation is 1. The fourth-order valence-electron chi connectivity index (χ4n) is 3.92. The summed E-state index contributed by atoms with van der Waals surface area (Å²) in [5.74, 6) is -5.11. The zero-order chi connectivity index (χ0) is 31.7. The number of aromatic amines is 1. The van der Waals surface area contributed by atoms with Crippen molar-refractivity contribution in [3.8, 4) is 0 Å². The van der Waals surface area contributed by atoms with E-state index in [-0.39, 0.29) is 5.91 Å². The molecule has 1 atom stereocenters. The predicted molar refractivity (Wildman–Crippen MR) is 140 cm³/mol. The molecule has 1 saturated heterocycles. The Bertz CT molecular complexity index is 1330. The number of halogens is 6. The number of aliphatic carboxylic acids is 2. The number of likely N-dealkylation sites (tertiary alicyclic amines) is 1. The molecule has 42 heavy (non-hydrogen) atoms. The Labute approximate surface area is 235 Å². The first-order valence-corrected chi connectivity index (χ1v) is 12.4. The van der Waals surface area contributed by atoms with Crippen LogP contribution in [0.15, 0.2) is 42.6 Å². The number of carbonyl (C=O) groups excluding carboxylic acids is 1. The molecule has 3 heterocycles. The van der Waals surface area contributed by atoms with E-state index < -0.39 is 24.3 Å². The van der Waals surface area contributed by atoms with Crippen molar-refractivity contribution in [1.82, 2.24) is 14.9 Å². The van der Waals surface area contributed by atoms with Crippen LogP contribution in [0.2, 0.25) is 0 Å². The van der Waals surface area contributed by atoms with E-state index in [1.165, 1.54) is 24.1 Å². The van der Waals surface area contributed by atoms with Crippen molar-refractivity contribution in [3.63, 3.8) is 0 Å². The van der Waals surface area contributed by atoms with Crippen molar-refractivity contribution in [3.05, 3.63) is 59.4 Å². The molecule has 10 nitrogen and oxygen atoms in total. The van der Waals surface area contributed by atoms with Gasteiger partial charge in [0, 0.05) is 34.9 Å². The second kappa shape index (κ2) is 14.6. The van der Waals surface area contributed by atoms with Crippen LogP contribution in [-0.2, 0) is 16.0 Å². The van der Waals surface area contributed by atoms with E-state index in [0.717, 1.165) is 30.3 Å². The number of rotatable bonds is 6. The van der Waals surface area contributed by atoms with E-state index >= 15 is 0 Å². The summed E-state index contributed by atoms with van der Waals surface area (Å²) >= 11 is 0. The minimum Gasteiger partial charge on any atom is -0.475 e. The Morgan fingerprint density at radius 2 is 1.62 bits per heavy atom. The van der Waals surface area contributed by atoms with E-state index in [4.69, 9.17) is 25.5 Å². The zero-order valence-electron chi connectivity index (χ0n) is 22.2. The number of fused-ring (bicyclic) bond motifs is 1. The Kier molecular flexibility index (Phi) is 11.9. The number of amides is 1. The maximum absolute atomic E-state index is 12.5. The molecule has 1 aliphatic rings. The molecule has 0 radical (unpaired) electrons. The second-order valence-electron chi connectivity index (χ2n) is 9.17. The van der Waals surface area contributed by atoms with Gasteiger partial charge in [-0.05, 0) is 69.6 Å². The maximum atomic E-state index is 12.5. The lowest BCUT2D eigenvalue weighted by Gasteiger charge is -2.17. The lowest BCUT2D eigenvalue weighted by atomic mass is 10.1. The second-order valence-corrected chi connectivity index (χ2v) is 9.17. The molecule has 3 aromatic rings. The molecule has 1 aliphatic heterocycles. The molecule has 0 spiro atoms. The van der Waals surface area contributed by atoms with Gasteiger partial charge in [0.2, 0.25) is 0 Å². The van der Waals surface area contributed by atoms with E-state index in [2.05, 4.69) is 33.3 Å². The molecule has 6 N–H and O–H groups in total. The summed E-state index contributed by atoms with van der Waals surface area (Å²) < 4.78 is 63.5. The van der Waals surface area contributed by atoms with E-state index in [0.29, 0.717) is 24.0 Å². The number of hydrogen-bond donors (Lipinski definition) is 5. The van der Waals surface area contributed by atoms with Crippen LogP contribution in [0.5, 0.6) is 0 Å². The molecule has 0 bridgehead atoms. The van der Waals surface area contributed by atoms with Gasteiger partial charge < -0.3 is 26.2 Å². The molecule has 230 valence electrons. The molecule has 0 saturated carbocycles. The van der Waals surface area contributed by atoms with Crippen LogP contribution in [0, 0.1) is 0 Å². The Morgan fingerprint density at radius 3 is 2.10 bits per heavy atom. The minimum absolute atomic E-state index is 0.153. The minimum atomic E-state index is -5.08. The van der Waals surface area contributed by atoms with Gasteiger partial charge in [-0.3, -0.25) is 9.69 Å². The molecule has 0 unspecified atom stereocenters. The monoisotopic (exact) mass is 605 g/mol. The van der Waals surface area contributed by atoms with Crippen molar-refractivity contribution in [2.75, 3.05) is 25.5 Å². The highest BCUT2D eigenvalue weighted by molar-refractivity contribution is 6.04. The van der Waals surface area contributed by atoms with E-state index in [1.807, 2.05) is 36.5 Å². The third kappa shape index (κ3) is 10.3. The molecule has 1 fully saturated rings. The van der Waals surface area contributed by atoms with Gasteiger partial charge in [0.05, 0.1) is 5.52 Å². The van der Waals surface area contributed by atoms with Gasteiger partial charge in [-0.15, -0.1) is 0 Å². The van der Waals surface area contributed by atoms with Crippen LogP contribution in [-0.4, -0.2) is 75.4 Å². The Balaban J connectivity index is 0.000000367. The highest BCUT2D eigenvalue weighted by Crippen LogP contribution is 2.32. The Hall–Kier alpha value is -4.18. The number of benzene rings is 1. The number of aromatic nitrogens is 2.